The highest BCUT2D eigenvalue weighted by Crippen LogP contribution is 2.36. The Morgan fingerprint density at radius 1 is 0.760 bits per heavy atom. The molecule has 136 valence electrons. The summed E-state index contributed by atoms with van der Waals surface area (Å²) in [5, 5.41) is 11.6. The monoisotopic (exact) mass is 356 g/mol. The van der Waals surface area contributed by atoms with Crippen molar-refractivity contribution in [1.29, 1.82) is 0 Å². The first kappa shape index (κ1) is 19.9. The van der Waals surface area contributed by atoms with Crippen LogP contribution in [-0.2, 0) is 4.43 Å². The maximum absolute atomic E-state index is 8.93. The summed E-state index contributed by atoms with van der Waals surface area (Å²) in [7, 11) is -2.37. The minimum Gasteiger partial charge on any atom is -0.407 e. The molecule has 0 spiro atoms. The molecule has 1 N–H and O–H groups in total. The maximum atomic E-state index is 8.93. The molecule has 0 fully saturated rings. The second-order valence-corrected chi connectivity index (χ2v) is 12.0. The van der Waals surface area contributed by atoms with Crippen molar-refractivity contribution in [3.8, 4) is 0 Å². The first-order valence-electron chi connectivity index (χ1n) is 9.38. The van der Waals surface area contributed by atoms with Gasteiger partial charge in [0.2, 0.25) is 0 Å². The molecule has 0 amide bonds. The number of hydrogen-bond acceptors (Lipinski definition) is 2. The van der Waals surface area contributed by atoms with E-state index in [0.717, 1.165) is 32.3 Å². The van der Waals surface area contributed by atoms with Crippen molar-refractivity contribution in [1.82, 2.24) is 0 Å². The highest BCUT2D eigenvalue weighted by Gasteiger charge is 2.49. The van der Waals surface area contributed by atoms with E-state index in [-0.39, 0.29) is 11.6 Å². The van der Waals surface area contributed by atoms with Gasteiger partial charge in [-0.2, -0.15) is 0 Å². The Bertz CT molecular complexity index is 565. The average Bonchev–Trinajstić information content (AvgIpc) is 2.62. The summed E-state index contributed by atoms with van der Waals surface area (Å²) < 4.78 is 6.82. The highest BCUT2D eigenvalue weighted by atomic mass is 28.4. The molecule has 0 saturated heterocycles. The molecule has 2 aromatic rings. The predicted octanol–water partition coefficient (Wildman–Crippen LogP) is 4.12. The second-order valence-electron chi connectivity index (χ2n) is 7.65. The molecular weight excluding hydrogens is 324 g/mol. The maximum Gasteiger partial charge on any atom is 0.261 e. The van der Waals surface area contributed by atoms with Crippen LogP contribution < -0.4 is 10.4 Å². The van der Waals surface area contributed by atoms with Crippen LogP contribution >= 0.6 is 0 Å². The molecule has 0 radical (unpaired) electrons. The largest absolute Gasteiger partial charge is 0.407 e. The molecular formula is C22H32O2Si. The zero-order valence-corrected chi connectivity index (χ0v) is 16.9. The Balaban J connectivity index is 2.33. The van der Waals surface area contributed by atoms with E-state index >= 15 is 0 Å². The molecule has 0 aliphatic rings. The molecule has 0 heterocycles. The van der Waals surface area contributed by atoms with Crippen molar-refractivity contribution in [2.75, 3.05) is 13.2 Å². The lowest BCUT2D eigenvalue weighted by Crippen LogP contribution is -2.66. The number of aliphatic hydroxyl groups excluding tert-OH is 1. The second kappa shape index (κ2) is 9.32. The summed E-state index contributed by atoms with van der Waals surface area (Å²) >= 11 is 0. The van der Waals surface area contributed by atoms with Crippen molar-refractivity contribution >= 4 is 18.7 Å². The van der Waals surface area contributed by atoms with Crippen molar-refractivity contribution in [2.24, 2.45) is 0 Å². The summed E-state index contributed by atoms with van der Waals surface area (Å²) in [5.74, 6) is 0. The van der Waals surface area contributed by atoms with E-state index in [1.807, 2.05) is 0 Å². The lowest BCUT2D eigenvalue weighted by Gasteiger charge is -2.43. The zero-order chi connectivity index (χ0) is 18.2. The zero-order valence-electron chi connectivity index (χ0n) is 15.9. The van der Waals surface area contributed by atoms with Gasteiger partial charge in [-0.3, -0.25) is 0 Å². The molecule has 0 aliphatic heterocycles. The van der Waals surface area contributed by atoms with Crippen LogP contribution in [0.3, 0.4) is 0 Å². The third-order valence-electron chi connectivity index (χ3n) is 4.79. The molecule has 0 atom stereocenters. The van der Waals surface area contributed by atoms with E-state index < -0.39 is 8.32 Å². The summed E-state index contributed by atoms with van der Waals surface area (Å²) in [6, 6.07) is 21.6. The number of aliphatic hydroxyl groups is 1. The van der Waals surface area contributed by atoms with Gasteiger partial charge in [0.05, 0.1) is 0 Å². The third kappa shape index (κ3) is 4.81. The van der Waals surface area contributed by atoms with Gasteiger partial charge in [-0.25, -0.2) is 0 Å². The fourth-order valence-corrected chi connectivity index (χ4v) is 8.16. The van der Waals surface area contributed by atoms with E-state index in [1.165, 1.54) is 10.4 Å². The van der Waals surface area contributed by atoms with Gasteiger partial charge < -0.3 is 9.53 Å². The van der Waals surface area contributed by atoms with Crippen LogP contribution in [0.4, 0.5) is 0 Å². The van der Waals surface area contributed by atoms with Gasteiger partial charge in [0.15, 0.2) is 0 Å². The summed E-state index contributed by atoms with van der Waals surface area (Å²) in [6.45, 7) is 8.00. The van der Waals surface area contributed by atoms with Crippen molar-refractivity contribution in [3.05, 3.63) is 60.7 Å². The van der Waals surface area contributed by atoms with E-state index in [2.05, 4.69) is 81.4 Å². The van der Waals surface area contributed by atoms with Gasteiger partial charge in [-0.05, 0) is 28.3 Å². The summed E-state index contributed by atoms with van der Waals surface area (Å²) in [4.78, 5) is 0. The number of benzene rings is 2. The van der Waals surface area contributed by atoms with Gasteiger partial charge in [0.25, 0.3) is 8.32 Å². The van der Waals surface area contributed by atoms with E-state index in [0.29, 0.717) is 0 Å². The molecule has 0 unspecified atom stereocenters. The van der Waals surface area contributed by atoms with Crippen LogP contribution in [0, 0.1) is 0 Å². The predicted molar refractivity (Wildman–Crippen MR) is 109 cm³/mol. The van der Waals surface area contributed by atoms with Crippen LogP contribution in [0.2, 0.25) is 5.04 Å². The quantitative estimate of drug-likeness (QED) is 0.541. The van der Waals surface area contributed by atoms with Gasteiger partial charge in [0, 0.05) is 13.2 Å². The van der Waals surface area contributed by atoms with E-state index in [1.54, 1.807) is 0 Å². The SMILES string of the molecule is CC(C)(C)[Si](OCCCCCCO)(c1ccccc1)c1ccccc1. The fourth-order valence-electron chi connectivity index (χ4n) is 3.55. The number of hydrogen-bond donors (Lipinski definition) is 1. The Hall–Kier alpha value is -1.42. The van der Waals surface area contributed by atoms with Crippen molar-refractivity contribution in [2.45, 2.75) is 51.5 Å². The van der Waals surface area contributed by atoms with Crippen LogP contribution in [0.15, 0.2) is 60.7 Å². The van der Waals surface area contributed by atoms with E-state index in [9.17, 15) is 0 Å². The third-order valence-corrected chi connectivity index (χ3v) is 9.83. The highest BCUT2D eigenvalue weighted by molar-refractivity contribution is 6.99. The summed E-state index contributed by atoms with van der Waals surface area (Å²) in [5.41, 5.74) is 0. The molecule has 0 aromatic heterocycles. The molecule has 2 aromatic carbocycles. The molecule has 3 heteroatoms. The van der Waals surface area contributed by atoms with Gasteiger partial charge in [0.1, 0.15) is 0 Å². The minimum absolute atomic E-state index is 0.0425. The molecule has 0 aliphatic carbocycles. The Morgan fingerprint density at radius 2 is 1.24 bits per heavy atom. The topological polar surface area (TPSA) is 29.5 Å². The smallest absolute Gasteiger partial charge is 0.261 e. The summed E-state index contributed by atoms with van der Waals surface area (Å²) in [6.07, 6.45) is 4.11. The van der Waals surface area contributed by atoms with Crippen LogP contribution in [0.1, 0.15) is 46.5 Å². The number of unbranched alkanes of at least 4 members (excludes halogenated alkanes) is 3. The standard InChI is InChI=1S/C22H32O2Si/c1-22(2,3)25(20-14-8-6-9-15-20,21-16-10-7-11-17-21)24-19-13-5-4-12-18-23/h6-11,14-17,23H,4-5,12-13,18-19H2,1-3H3. The van der Waals surface area contributed by atoms with Crippen molar-refractivity contribution < 1.29 is 9.53 Å². The normalized spacial score (nSPS) is 12.3. The Kier molecular flexibility index (Phi) is 7.42. The van der Waals surface area contributed by atoms with Crippen LogP contribution in [0.5, 0.6) is 0 Å². The molecule has 2 rings (SSSR count). The van der Waals surface area contributed by atoms with Gasteiger partial charge in [-0.15, -0.1) is 0 Å². The van der Waals surface area contributed by atoms with Crippen LogP contribution in [0.25, 0.3) is 0 Å². The van der Waals surface area contributed by atoms with Gasteiger partial charge in [-0.1, -0.05) is 94.3 Å². The molecule has 0 saturated carbocycles. The number of rotatable bonds is 9. The molecule has 2 nitrogen and oxygen atoms in total. The minimum atomic E-state index is -2.37. The van der Waals surface area contributed by atoms with Crippen molar-refractivity contribution in [3.63, 3.8) is 0 Å². The first-order valence-corrected chi connectivity index (χ1v) is 11.3. The molecule has 0 bridgehead atoms. The molecule has 25 heavy (non-hydrogen) atoms. The lowest BCUT2D eigenvalue weighted by molar-refractivity contribution is 0.268. The first-order chi connectivity index (χ1) is 12.0. The Morgan fingerprint density at radius 3 is 1.68 bits per heavy atom. The van der Waals surface area contributed by atoms with Crippen LogP contribution in [-0.4, -0.2) is 26.6 Å². The van der Waals surface area contributed by atoms with E-state index in [4.69, 9.17) is 9.53 Å². The Labute approximate surface area is 154 Å². The fraction of sp³-hybridized carbons (Fsp3) is 0.455. The lowest BCUT2D eigenvalue weighted by atomic mass is 10.2. The van der Waals surface area contributed by atoms with Gasteiger partial charge >= 0.3 is 0 Å². The average molecular weight is 357 g/mol.